The van der Waals surface area contributed by atoms with Gasteiger partial charge in [-0.05, 0) is 49.9 Å². The number of ether oxygens (including phenoxy) is 3. The van der Waals surface area contributed by atoms with E-state index < -0.39 is 0 Å². The van der Waals surface area contributed by atoms with Crippen LogP contribution in [0, 0.1) is 0 Å². The highest BCUT2D eigenvalue weighted by atomic mass is 32.2. The van der Waals surface area contributed by atoms with Crippen molar-refractivity contribution in [1.29, 1.82) is 0 Å². The molecule has 0 bridgehead atoms. The minimum Gasteiger partial charge on any atom is -0.493 e. The minimum atomic E-state index is -0.174. The van der Waals surface area contributed by atoms with Crippen molar-refractivity contribution in [3.05, 3.63) is 34.2 Å². The number of hydrogen-bond acceptors (Lipinski definition) is 8. The third kappa shape index (κ3) is 5.55. The molecule has 33 heavy (non-hydrogen) atoms. The first-order valence-corrected chi connectivity index (χ1v) is 13.3. The Bertz CT molecular complexity index is 1110. The molecule has 3 heterocycles. The molecule has 178 valence electrons. The molecule has 4 rings (SSSR count). The Morgan fingerprint density at radius 1 is 1.18 bits per heavy atom. The van der Waals surface area contributed by atoms with E-state index in [2.05, 4.69) is 32.2 Å². The molecule has 1 N–H and O–H groups in total. The Hall–Kier alpha value is -2.03. The highest BCUT2D eigenvalue weighted by Gasteiger charge is 2.31. The van der Waals surface area contributed by atoms with Crippen LogP contribution in [0.1, 0.15) is 49.6 Å². The Kier molecular flexibility index (Phi) is 7.66. The summed E-state index contributed by atoms with van der Waals surface area (Å²) in [5, 5.41) is 5.64. The summed E-state index contributed by atoms with van der Waals surface area (Å²) < 4.78 is 16.9. The summed E-state index contributed by atoms with van der Waals surface area (Å²) in [7, 11) is 3.32. The fourth-order valence-electron chi connectivity index (χ4n) is 3.99. The van der Waals surface area contributed by atoms with Crippen molar-refractivity contribution >= 4 is 39.1 Å². The zero-order valence-electron chi connectivity index (χ0n) is 20.1. The number of nitrogens with one attached hydrogen (secondary N) is 1. The summed E-state index contributed by atoms with van der Waals surface area (Å²) in [5.74, 6) is 3.47. The summed E-state index contributed by atoms with van der Waals surface area (Å²) in [6.07, 6.45) is 4.06. The highest BCUT2D eigenvalue weighted by molar-refractivity contribution is 7.99. The summed E-state index contributed by atoms with van der Waals surface area (Å²) >= 11 is 3.49. The average Bonchev–Trinajstić information content (AvgIpc) is 3.15. The van der Waals surface area contributed by atoms with Gasteiger partial charge in [0, 0.05) is 23.6 Å². The van der Waals surface area contributed by atoms with Crippen LogP contribution in [0.15, 0.2) is 23.4 Å². The second kappa shape index (κ2) is 10.5. The maximum Gasteiger partial charge on any atom is 0.190 e. The lowest BCUT2D eigenvalue weighted by molar-refractivity contribution is -0.0379. The molecule has 1 aromatic carbocycles. The number of rotatable bonds is 10. The van der Waals surface area contributed by atoms with Gasteiger partial charge in [-0.1, -0.05) is 31.2 Å². The Morgan fingerprint density at radius 3 is 2.76 bits per heavy atom. The number of benzene rings is 1. The SMILES string of the molecule is CCCCSc1nc(NCCc2ccc(OC)c(OC)c2)c2c3c(sc2n1)COC(C)(C)C3. The lowest BCUT2D eigenvalue weighted by Crippen LogP contribution is -2.31. The third-order valence-electron chi connectivity index (χ3n) is 5.79. The number of fused-ring (bicyclic) bond motifs is 3. The van der Waals surface area contributed by atoms with E-state index >= 15 is 0 Å². The number of nitrogens with zero attached hydrogens (tertiary/aromatic N) is 2. The minimum absolute atomic E-state index is 0.174. The van der Waals surface area contributed by atoms with Crippen LogP contribution < -0.4 is 14.8 Å². The smallest absolute Gasteiger partial charge is 0.190 e. The molecule has 0 spiro atoms. The number of unbranched alkanes of at least 4 members (excludes halogenated alkanes) is 1. The molecular weight excluding hydrogens is 454 g/mol. The lowest BCUT2D eigenvalue weighted by Gasteiger charge is -2.30. The lowest BCUT2D eigenvalue weighted by atomic mass is 9.94. The zero-order chi connectivity index (χ0) is 23.4. The van der Waals surface area contributed by atoms with Crippen molar-refractivity contribution in [1.82, 2.24) is 9.97 Å². The van der Waals surface area contributed by atoms with Gasteiger partial charge < -0.3 is 19.5 Å². The monoisotopic (exact) mass is 487 g/mol. The first-order valence-electron chi connectivity index (χ1n) is 11.5. The number of aromatic nitrogens is 2. The highest BCUT2D eigenvalue weighted by Crippen LogP contribution is 2.41. The number of anilines is 1. The molecule has 3 aromatic rings. The maximum atomic E-state index is 6.07. The summed E-state index contributed by atoms with van der Waals surface area (Å²) in [6.45, 7) is 7.93. The van der Waals surface area contributed by atoms with Crippen LogP contribution in [0.5, 0.6) is 11.5 Å². The number of thiophene rings is 1. The summed E-state index contributed by atoms with van der Waals surface area (Å²) in [4.78, 5) is 12.2. The van der Waals surface area contributed by atoms with E-state index in [0.29, 0.717) is 6.61 Å². The molecule has 0 unspecified atom stereocenters. The maximum absolute atomic E-state index is 6.07. The molecule has 2 aromatic heterocycles. The molecule has 1 aliphatic heterocycles. The number of thioether (sulfide) groups is 1. The molecule has 0 amide bonds. The van der Waals surface area contributed by atoms with Crippen LogP contribution in [0.2, 0.25) is 0 Å². The fraction of sp³-hybridized carbons (Fsp3) is 0.520. The van der Waals surface area contributed by atoms with Gasteiger partial charge in [0.25, 0.3) is 0 Å². The Balaban J connectivity index is 1.59. The van der Waals surface area contributed by atoms with E-state index in [4.69, 9.17) is 24.2 Å². The average molecular weight is 488 g/mol. The molecular formula is C25H33N3O3S2. The van der Waals surface area contributed by atoms with Crippen molar-refractivity contribution < 1.29 is 14.2 Å². The van der Waals surface area contributed by atoms with Gasteiger partial charge >= 0.3 is 0 Å². The van der Waals surface area contributed by atoms with Crippen LogP contribution >= 0.6 is 23.1 Å². The van der Waals surface area contributed by atoms with Gasteiger partial charge in [-0.15, -0.1) is 11.3 Å². The van der Waals surface area contributed by atoms with Crippen molar-refractivity contribution in [2.75, 3.05) is 31.8 Å². The molecule has 8 heteroatoms. The molecule has 0 aliphatic carbocycles. The van der Waals surface area contributed by atoms with Gasteiger partial charge in [-0.25, -0.2) is 9.97 Å². The van der Waals surface area contributed by atoms with Crippen molar-refractivity contribution in [2.45, 2.75) is 63.8 Å². The molecule has 0 atom stereocenters. The van der Waals surface area contributed by atoms with E-state index in [1.165, 1.54) is 27.8 Å². The van der Waals surface area contributed by atoms with E-state index in [0.717, 1.165) is 58.9 Å². The molecule has 0 saturated carbocycles. The van der Waals surface area contributed by atoms with Gasteiger partial charge in [0.05, 0.1) is 31.8 Å². The van der Waals surface area contributed by atoms with Crippen LogP contribution in [0.3, 0.4) is 0 Å². The fourth-order valence-corrected chi connectivity index (χ4v) is 6.07. The standard InChI is InChI=1S/C25H33N3O3S2/c1-6-7-12-32-24-27-22(26-11-10-16-8-9-18(29-4)19(13-16)30-5)21-17-14-25(2,3)31-15-20(17)33-23(21)28-24/h8-9,13H,6-7,10-12,14-15H2,1-5H3,(H,26,27,28). The normalized spacial score (nSPS) is 14.8. The summed E-state index contributed by atoms with van der Waals surface area (Å²) in [6, 6.07) is 6.07. The van der Waals surface area contributed by atoms with Gasteiger partial charge in [0.2, 0.25) is 0 Å². The molecule has 0 fully saturated rings. The van der Waals surface area contributed by atoms with Gasteiger partial charge in [-0.2, -0.15) is 0 Å². The van der Waals surface area contributed by atoms with Crippen LogP contribution in [-0.4, -0.2) is 42.1 Å². The predicted molar refractivity (Wildman–Crippen MR) is 137 cm³/mol. The zero-order valence-corrected chi connectivity index (χ0v) is 21.8. The van der Waals surface area contributed by atoms with E-state index in [-0.39, 0.29) is 5.60 Å². The molecule has 0 saturated heterocycles. The van der Waals surface area contributed by atoms with E-state index in [1.54, 1.807) is 37.3 Å². The van der Waals surface area contributed by atoms with Gasteiger partial charge in [0.15, 0.2) is 16.7 Å². The van der Waals surface area contributed by atoms with Gasteiger partial charge in [0.1, 0.15) is 10.6 Å². The van der Waals surface area contributed by atoms with Crippen LogP contribution in [-0.2, 0) is 24.2 Å². The topological polar surface area (TPSA) is 65.5 Å². The third-order valence-corrected chi connectivity index (χ3v) is 7.83. The summed E-state index contributed by atoms with van der Waals surface area (Å²) in [5.41, 5.74) is 2.35. The first-order chi connectivity index (χ1) is 15.9. The van der Waals surface area contributed by atoms with Crippen LogP contribution in [0.25, 0.3) is 10.2 Å². The Labute approximate surface area is 204 Å². The van der Waals surface area contributed by atoms with Gasteiger partial charge in [-0.3, -0.25) is 0 Å². The molecule has 1 aliphatic rings. The van der Waals surface area contributed by atoms with Crippen LogP contribution in [0.4, 0.5) is 5.82 Å². The molecule has 0 radical (unpaired) electrons. The quantitative estimate of drug-likeness (QED) is 0.210. The second-order valence-electron chi connectivity index (χ2n) is 8.83. The largest absolute Gasteiger partial charge is 0.493 e. The van der Waals surface area contributed by atoms with E-state index in [9.17, 15) is 0 Å². The predicted octanol–water partition coefficient (Wildman–Crippen LogP) is 6.11. The number of hydrogen-bond donors (Lipinski definition) is 1. The van der Waals surface area contributed by atoms with Crippen molar-refractivity contribution in [2.24, 2.45) is 0 Å². The van der Waals surface area contributed by atoms with E-state index in [1.807, 2.05) is 12.1 Å². The Morgan fingerprint density at radius 2 is 2.00 bits per heavy atom. The first kappa shape index (κ1) is 24.1. The molecule has 6 nitrogen and oxygen atoms in total. The van der Waals surface area contributed by atoms with Crippen molar-refractivity contribution in [3.63, 3.8) is 0 Å². The second-order valence-corrected chi connectivity index (χ2v) is 11.0. The van der Waals surface area contributed by atoms with Crippen molar-refractivity contribution in [3.8, 4) is 11.5 Å². The number of methoxy groups -OCH3 is 2.